The van der Waals surface area contributed by atoms with Crippen LogP contribution in [0.15, 0.2) is 162 Å². The smallest absolute Gasteiger partial charge is 0.420 e. The minimum Gasteiger partial charge on any atom is -0.497 e. The minimum atomic E-state index is -4.08. The summed E-state index contributed by atoms with van der Waals surface area (Å²) < 4.78 is 89.5. The van der Waals surface area contributed by atoms with Crippen molar-refractivity contribution in [1.29, 1.82) is 0 Å². The molecule has 6 aromatic carbocycles. The number of anilines is 2. The zero-order valence-electron chi connectivity index (χ0n) is 40.1. The number of oxazole rings is 2. The Kier molecular flexibility index (Phi) is 17.5. The lowest BCUT2D eigenvalue weighted by Gasteiger charge is -2.22. The van der Waals surface area contributed by atoms with Gasteiger partial charge in [-0.2, -0.15) is 8.75 Å². The van der Waals surface area contributed by atoms with Crippen LogP contribution in [0.1, 0.15) is 33.4 Å². The molecule has 388 valence electrons. The fourth-order valence-corrected chi connectivity index (χ4v) is 12.8. The average molecular weight is 1320 g/mol. The molecule has 0 spiro atoms. The first-order valence-electron chi connectivity index (χ1n) is 22.2. The number of nitrogens with zero attached hydrogens (tertiary/aromatic N) is 7. The summed E-state index contributed by atoms with van der Waals surface area (Å²) in [7, 11) is -4.93. The fourth-order valence-electron chi connectivity index (χ4n) is 7.44. The Morgan fingerprint density at radius 3 is 1.61 bits per heavy atom. The van der Waals surface area contributed by atoms with E-state index in [2.05, 4.69) is 68.9 Å². The number of hydrogen-bond acceptors (Lipinski definition) is 17. The van der Waals surface area contributed by atoms with Gasteiger partial charge in [0.05, 0.1) is 61.3 Å². The largest absolute Gasteiger partial charge is 0.497 e. The van der Waals surface area contributed by atoms with Crippen LogP contribution in [-0.4, -0.2) is 64.4 Å². The molecule has 25 heteroatoms. The predicted molar refractivity (Wildman–Crippen MR) is 303 cm³/mol. The maximum atomic E-state index is 13.9. The average Bonchev–Trinajstić information content (AvgIpc) is 4.25. The number of methoxy groups -OCH3 is 2. The molecule has 75 heavy (non-hydrogen) atoms. The van der Waals surface area contributed by atoms with E-state index in [-0.39, 0.29) is 50.9 Å². The molecule has 0 saturated heterocycles. The number of aryl methyl sites for hydroxylation is 2. The van der Waals surface area contributed by atoms with E-state index in [9.17, 15) is 26.4 Å². The third-order valence-electron chi connectivity index (χ3n) is 11.5. The molecule has 0 aliphatic carbocycles. The number of aromatic amines is 1. The fraction of sp³-hybridized carbons (Fsp3) is 0.160. The number of ether oxygens (including phenoxy) is 2. The first kappa shape index (κ1) is 54.8. The van der Waals surface area contributed by atoms with Gasteiger partial charge < -0.3 is 23.4 Å². The van der Waals surface area contributed by atoms with E-state index in [1.54, 1.807) is 32.4 Å². The number of benzene rings is 6. The zero-order valence-corrected chi connectivity index (χ0v) is 47.7. The highest BCUT2D eigenvalue weighted by molar-refractivity contribution is 14.1. The zero-order chi connectivity index (χ0) is 53.4. The number of aromatic nitrogens is 6. The van der Waals surface area contributed by atoms with Crippen LogP contribution in [0.3, 0.4) is 0 Å². The summed E-state index contributed by atoms with van der Waals surface area (Å²) in [6.45, 7) is 4.32. The summed E-state index contributed by atoms with van der Waals surface area (Å²) in [5.41, 5.74) is 6.57. The molecule has 0 radical (unpaired) electrons. The second-order valence-electron chi connectivity index (χ2n) is 16.2. The van der Waals surface area contributed by atoms with Crippen LogP contribution >= 0.6 is 68.2 Å². The van der Waals surface area contributed by atoms with E-state index in [0.29, 0.717) is 29.1 Å². The van der Waals surface area contributed by atoms with Crippen LogP contribution in [0.4, 0.5) is 10.3 Å². The van der Waals surface area contributed by atoms with Gasteiger partial charge in [0.2, 0.25) is 10.3 Å². The Balaban J connectivity index is 0.000000174. The minimum absolute atomic E-state index is 0.0171. The first-order valence-corrected chi connectivity index (χ1v) is 28.8. The van der Waals surface area contributed by atoms with Gasteiger partial charge in [0.15, 0.2) is 11.2 Å². The Bertz CT molecular complexity index is 3960. The number of aliphatic hydroxyl groups is 1. The van der Waals surface area contributed by atoms with Crippen molar-refractivity contribution in [2.24, 2.45) is 0 Å². The Labute approximate surface area is 465 Å². The van der Waals surface area contributed by atoms with Crippen molar-refractivity contribution in [3.05, 3.63) is 196 Å². The Hall–Kier alpha value is -6.50. The standard InChI is InChI=1S/C25H21IN4O5S2.C18H16N4O5S2.C7H7IO/c1-16-11-19(34-2)8-7-17(16)14-30(24-27-15-28-36-24)37(32,33)20-9-10-22-23(12-20)35-25(31)29(22)13-18-5-3-4-6-21(18)26;1-11-7-13(26-2)4-3-12(11)9-22(17-19-10-20-28-17)29(24,25)14-5-6-15-16(8-14)27-18(23)21-15;8-7-4-2-1-3-6(7)5-9/h3-12,15H,13-14H2,1-2H3;3-8,10H,9H2,1-2H3,(H,21,23);1-4,9H,5H2. The highest BCUT2D eigenvalue weighted by atomic mass is 127. The Morgan fingerprint density at radius 2 is 1.15 bits per heavy atom. The molecule has 0 amide bonds. The van der Waals surface area contributed by atoms with Crippen LogP contribution in [-0.2, 0) is 46.3 Å². The number of hydrogen-bond donors (Lipinski definition) is 2. The second kappa shape index (κ2) is 24.0. The molecular weight excluding hydrogens is 1270 g/mol. The summed E-state index contributed by atoms with van der Waals surface area (Å²) >= 11 is 6.37. The monoisotopic (exact) mass is 1310 g/mol. The van der Waals surface area contributed by atoms with E-state index in [1.807, 2.05) is 86.6 Å². The third-order valence-corrected chi connectivity index (χ3v) is 18.7. The summed E-state index contributed by atoms with van der Waals surface area (Å²) in [5, 5.41) is 9.18. The number of H-pyrrole nitrogens is 1. The normalized spacial score (nSPS) is 11.4. The number of nitrogens with one attached hydrogen (secondary N) is 1. The van der Waals surface area contributed by atoms with Crippen molar-refractivity contribution in [3.8, 4) is 11.5 Å². The summed E-state index contributed by atoms with van der Waals surface area (Å²) in [4.78, 5) is 34.8. The van der Waals surface area contributed by atoms with Gasteiger partial charge in [-0.25, -0.2) is 45.0 Å². The van der Waals surface area contributed by atoms with Gasteiger partial charge >= 0.3 is 11.5 Å². The lowest BCUT2D eigenvalue weighted by atomic mass is 10.1. The molecule has 0 bridgehead atoms. The highest BCUT2D eigenvalue weighted by Crippen LogP contribution is 2.32. The SMILES string of the molecule is COc1ccc(CN(c2ncns2)S(=O)(=O)c2ccc3[nH]c(=O)oc3c2)c(C)c1.COc1ccc(CN(c2ncns2)S(=O)(=O)c2ccc3c(c2)oc(=O)n3Cc2ccccc2I)c(C)c1.OCc1ccccc1I. The molecule has 0 saturated carbocycles. The van der Waals surface area contributed by atoms with Crippen LogP contribution < -0.4 is 29.6 Å². The number of halogens is 2. The van der Waals surface area contributed by atoms with Gasteiger partial charge in [-0.05, 0) is 153 Å². The quantitative estimate of drug-likeness (QED) is 0.0908. The van der Waals surface area contributed by atoms with Gasteiger partial charge in [-0.3, -0.25) is 9.55 Å². The van der Waals surface area contributed by atoms with Crippen molar-refractivity contribution in [3.63, 3.8) is 0 Å². The summed E-state index contributed by atoms with van der Waals surface area (Å²) in [6, 6.07) is 35.1. The van der Waals surface area contributed by atoms with Gasteiger partial charge in [0.25, 0.3) is 20.0 Å². The van der Waals surface area contributed by atoms with Gasteiger partial charge in [0.1, 0.15) is 24.2 Å². The molecule has 0 atom stereocenters. The van der Waals surface area contributed by atoms with Gasteiger partial charge in [0, 0.05) is 42.3 Å². The van der Waals surface area contributed by atoms with Gasteiger partial charge in [-0.1, -0.05) is 48.5 Å². The molecular formula is C50H44I2N8O11S4. The molecule has 2 N–H and O–H groups in total. The van der Waals surface area contributed by atoms with E-state index >= 15 is 0 Å². The molecule has 4 heterocycles. The highest BCUT2D eigenvalue weighted by Gasteiger charge is 2.31. The van der Waals surface area contributed by atoms with E-state index < -0.39 is 31.6 Å². The molecule has 10 aromatic rings. The van der Waals surface area contributed by atoms with E-state index in [1.165, 1.54) is 56.2 Å². The van der Waals surface area contributed by atoms with Crippen LogP contribution in [0.5, 0.6) is 11.5 Å². The number of sulfonamides is 2. The lowest BCUT2D eigenvalue weighted by molar-refractivity contribution is 0.281. The topological polar surface area (TPSA) is 246 Å². The van der Waals surface area contributed by atoms with E-state index in [0.717, 1.165) is 63.6 Å². The molecule has 10 rings (SSSR count). The molecule has 0 aliphatic rings. The molecule has 19 nitrogen and oxygen atoms in total. The maximum absolute atomic E-state index is 13.9. The van der Waals surface area contributed by atoms with Crippen molar-refractivity contribution in [2.45, 2.75) is 49.9 Å². The number of aliphatic hydroxyl groups excluding tert-OH is 1. The first-order chi connectivity index (χ1) is 36.0. The second-order valence-corrected chi connectivity index (χ2v) is 23.7. The third kappa shape index (κ3) is 12.6. The van der Waals surface area contributed by atoms with Crippen LogP contribution in [0.25, 0.3) is 22.2 Å². The van der Waals surface area contributed by atoms with E-state index in [4.69, 9.17) is 23.4 Å². The Morgan fingerprint density at radius 1 is 0.640 bits per heavy atom. The van der Waals surface area contributed by atoms with Crippen molar-refractivity contribution in [2.75, 3.05) is 22.8 Å². The molecule has 0 aliphatic heterocycles. The van der Waals surface area contributed by atoms with Crippen molar-refractivity contribution in [1.82, 2.24) is 28.3 Å². The van der Waals surface area contributed by atoms with Crippen molar-refractivity contribution >= 4 is 121 Å². The lowest BCUT2D eigenvalue weighted by Crippen LogP contribution is -2.30. The molecule has 0 fully saturated rings. The van der Waals surface area contributed by atoms with Gasteiger partial charge in [-0.15, -0.1) is 0 Å². The molecule has 4 aromatic heterocycles. The van der Waals surface area contributed by atoms with Crippen LogP contribution in [0.2, 0.25) is 0 Å². The number of fused-ring (bicyclic) bond motifs is 2. The number of rotatable bonds is 15. The predicted octanol–water partition coefficient (Wildman–Crippen LogP) is 9.28. The van der Waals surface area contributed by atoms with Crippen molar-refractivity contribution < 1.29 is 40.3 Å². The summed E-state index contributed by atoms with van der Waals surface area (Å²) in [6.07, 6.45) is 2.62. The van der Waals surface area contributed by atoms with Crippen LogP contribution in [0, 0.1) is 21.0 Å². The molecule has 0 unspecified atom stereocenters. The maximum Gasteiger partial charge on any atom is 0.420 e. The summed E-state index contributed by atoms with van der Waals surface area (Å²) in [5.74, 6) is 0.162.